The molecule has 1 aliphatic rings. The van der Waals surface area contributed by atoms with Crippen molar-refractivity contribution in [3.63, 3.8) is 0 Å². The molecule has 1 aliphatic heterocycles. The molecule has 2 heterocycles. The smallest absolute Gasteiger partial charge is 0.273 e. The molecular weight excluding hydrogens is 394 g/mol. The summed E-state index contributed by atoms with van der Waals surface area (Å²) in [7, 11) is 1.65. The summed E-state index contributed by atoms with van der Waals surface area (Å²) in [5, 5.41) is 14.5. The quantitative estimate of drug-likeness (QED) is 0.601. The molecule has 1 saturated heterocycles. The number of nitrogens with one attached hydrogen (secondary N) is 2. The molecule has 0 spiro atoms. The van der Waals surface area contributed by atoms with Crippen molar-refractivity contribution in [3.8, 4) is 5.75 Å². The van der Waals surface area contributed by atoms with E-state index in [1.54, 1.807) is 7.11 Å². The topological polar surface area (TPSA) is 90.3 Å². The third-order valence-electron chi connectivity index (χ3n) is 4.98. The van der Waals surface area contributed by atoms with Gasteiger partial charge in [0.1, 0.15) is 5.75 Å². The van der Waals surface area contributed by atoms with Gasteiger partial charge in [0.2, 0.25) is 0 Å². The molecule has 1 amide bonds. The highest BCUT2D eigenvalue weighted by molar-refractivity contribution is 5.93. The maximum Gasteiger partial charge on any atom is 0.273 e. The molecule has 160 valence electrons. The summed E-state index contributed by atoms with van der Waals surface area (Å²) in [6.07, 6.45) is 2.76. The van der Waals surface area contributed by atoms with E-state index in [-0.39, 0.29) is 18.3 Å². The molecule has 1 fully saturated rings. The highest BCUT2D eigenvalue weighted by Gasteiger charge is 2.22. The van der Waals surface area contributed by atoms with Gasteiger partial charge in [-0.15, -0.1) is 17.5 Å². The number of carbonyl (C=O) groups excluding carboxylic acids is 1. The van der Waals surface area contributed by atoms with Gasteiger partial charge in [0, 0.05) is 13.2 Å². The van der Waals surface area contributed by atoms with E-state index in [1.807, 2.05) is 35.9 Å². The number of amides is 1. The average Bonchev–Trinajstić information content (AvgIpc) is 3.13. The standard InChI is InChI=1S/C20H29N5O3.ClH/c1-15-19(23-24-25(15)17-8-11-21-12-9-17)20(26)22-10-3-13-28-14-16-4-6-18(27-2)7-5-16;/h4-7,17,21H,3,8-14H2,1-2H3,(H,22,26);1H. The van der Waals surface area contributed by atoms with Crippen LogP contribution in [-0.2, 0) is 11.3 Å². The molecule has 9 heteroatoms. The van der Waals surface area contributed by atoms with Crippen LogP contribution in [-0.4, -0.2) is 54.3 Å². The maximum atomic E-state index is 12.4. The molecule has 0 bridgehead atoms. The van der Waals surface area contributed by atoms with Crippen LogP contribution in [0.2, 0.25) is 0 Å². The summed E-state index contributed by atoms with van der Waals surface area (Å²) >= 11 is 0. The van der Waals surface area contributed by atoms with Crippen LogP contribution in [0.15, 0.2) is 24.3 Å². The van der Waals surface area contributed by atoms with E-state index in [1.165, 1.54) is 0 Å². The fourth-order valence-corrected chi connectivity index (χ4v) is 3.32. The van der Waals surface area contributed by atoms with Crippen LogP contribution in [0.4, 0.5) is 0 Å². The normalized spacial score (nSPS) is 14.3. The molecule has 0 saturated carbocycles. The number of rotatable bonds is 9. The molecule has 0 aliphatic carbocycles. The largest absolute Gasteiger partial charge is 0.497 e. The fraction of sp³-hybridized carbons (Fsp3) is 0.550. The Labute approximate surface area is 177 Å². The number of methoxy groups -OCH3 is 1. The molecular formula is C20H30ClN5O3. The van der Waals surface area contributed by atoms with Crippen molar-refractivity contribution < 1.29 is 14.3 Å². The molecule has 1 aromatic carbocycles. The lowest BCUT2D eigenvalue weighted by molar-refractivity contribution is 0.0929. The lowest BCUT2D eigenvalue weighted by Gasteiger charge is -2.23. The number of carbonyl (C=O) groups is 1. The highest BCUT2D eigenvalue weighted by atomic mass is 35.5. The van der Waals surface area contributed by atoms with Crippen molar-refractivity contribution in [2.24, 2.45) is 0 Å². The monoisotopic (exact) mass is 423 g/mol. The van der Waals surface area contributed by atoms with Crippen molar-refractivity contribution in [2.75, 3.05) is 33.4 Å². The van der Waals surface area contributed by atoms with E-state index in [0.29, 0.717) is 31.5 Å². The second-order valence-electron chi connectivity index (χ2n) is 6.96. The first kappa shape index (κ1) is 23.1. The zero-order valence-corrected chi connectivity index (χ0v) is 17.8. The Kier molecular flexibility index (Phi) is 9.37. The number of piperidine rings is 1. The van der Waals surface area contributed by atoms with E-state index in [0.717, 1.165) is 49.4 Å². The van der Waals surface area contributed by atoms with Gasteiger partial charge in [0.15, 0.2) is 5.69 Å². The zero-order chi connectivity index (χ0) is 19.8. The van der Waals surface area contributed by atoms with Gasteiger partial charge in [-0.05, 0) is 57.0 Å². The molecule has 3 rings (SSSR count). The molecule has 8 nitrogen and oxygen atoms in total. The van der Waals surface area contributed by atoms with Crippen molar-refractivity contribution >= 4 is 18.3 Å². The first-order chi connectivity index (χ1) is 13.7. The number of hydrogen-bond acceptors (Lipinski definition) is 6. The van der Waals surface area contributed by atoms with E-state index >= 15 is 0 Å². The van der Waals surface area contributed by atoms with Crippen LogP contribution in [0.1, 0.15) is 47.1 Å². The third kappa shape index (κ3) is 6.42. The Bertz CT molecular complexity index is 760. The van der Waals surface area contributed by atoms with Crippen LogP contribution in [0, 0.1) is 6.92 Å². The van der Waals surface area contributed by atoms with E-state index in [4.69, 9.17) is 9.47 Å². The Balaban J connectivity index is 0.00000300. The third-order valence-corrected chi connectivity index (χ3v) is 4.98. The van der Waals surface area contributed by atoms with Crippen LogP contribution < -0.4 is 15.4 Å². The highest BCUT2D eigenvalue weighted by Crippen LogP contribution is 2.20. The van der Waals surface area contributed by atoms with Crippen molar-refractivity contribution in [1.29, 1.82) is 0 Å². The second kappa shape index (κ2) is 11.7. The first-order valence-corrected chi connectivity index (χ1v) is 9.80. The van der Waals surface area contributed by atoms with Crippen LogP contribution in [0.25, 0.3) is 0 Å². The summed E-state index contributed by atoms with van der Waals surface area (Å²) in [4.78, 5) is 12.4. The van der Waals surface area contributed by atoms with Gasteiger partial charge in [-0.3, -0.25) is 4.79 Å². The van der Waals surface area contributed by atoms with Gasteiger partial charge in [-0.1, -0.05) is 17.3 Å². The zero-order valence-electron chi connectivity index (χ0n) is 17.0. The number of benzene rings is 1. The minimum absolute atomic E-state index is 0. The van der Waals surface area contributed by atoms with Gasteiger partial charge in [-0.25, -0.2) is 4.68 Å². The first-order valence-electron chi connectivity index (χ1n) is 9.80. The predicted octanol–water partition coefficient (Wildman–Crippen LogP) is 2.28. The lowest BCUT2D eigenvalue weighted by Crippen LogP contribution is -2.30. The van der Waals surface area contributed by atoms with Gasteiger partial charge < -0.3 is 20.1 Å². The van der Waals surface area contributed by atoms with Gasteiger partial charge in [-0.2, -0.15) is 0 Å². The average molecular weight is 424 g/mol. The van der Waals surface area contributed by atoms with Crippen LogP contribution >= 0.6 is 12.4 Å². The van der Waals surface area contributed by atoms with Gasteiger partial charge in [0.25, 0.3) is 5.91 Å². The van der Waals surface area contributed by atoms with Gasteiger partial charge in [0.05, 0.1) is 25.5 Å². The molecule has 2 aromatic rings. The summed E-state index contributed by atoms with van der Waals surface area (Å²) in [5.74, 6) is 0.659. The molecule has 29 heavy (non-hydrogen) atoms. The Morgan fingerprint density at radius 3 is 2.69 bits per heavy atom. The summed E-state index contributed by atoms with van der Waals surface area (Å²) in [5.41, 5.74) is 2.34. The number of hydrogen-bond donors (Lipinski definition) is 2. The van der Waals surface area contributed by atoms with E-state index in [2.05, 4.69) is 20.9 Å². The molecule has 0 unspecified atom stereocenters. The Morgan fingerprint density at radius 2 is 2.00 bits per heavy atom. The molecule has 0 atom stereocenters. The Hall–Kier alpha value is -2.16. The van der Waals surface area contributed by atoms with E-state index < -0.39 is 0 Å². The molecule has 1 aromatic heterocycles. The fourth-order valence-electron chi connectivity index (χ4n) is 3.32. The summed E-state index contributed by atoms with van der Waals surface area (Å²) in [6.45, 7) is 5.52. The minimum Gasteiger partial charge on any atom is -0.497 e. The summed E-state index contributed by atoms with van der Waals surface area (Å²) < 4.78 is 12.7. The van der Waals surface area contributed by atoms with Crippen molar-refractivity contribution in [2.45, 2.75) is 38.8 Å². The number of aromatic nitrogens is 3. The minimum atomic E-state index is -0.173. The second-order valence-corrected chi connectivity index (χ2v) is 6.96. The van der Waals surface area contributed by atoms with Crippen molar-refractivity contribution in [3.05, 3.63) is 41.2 Å². The molecule has 0 radical (unpaired) electrons. The number of nitrogens with zero attached hydrogens (tertiary/aromatic N) is 3. The Morgan fingerprint density at radius 1 is 1.28 bits per heavy atom. The SMILES string of the molecule is COc1ccc(COCCCNC(=O)c2nnn(C3CCNCC3)c2C)cc1.Cl. The van der Waals surface area contributed by atoms with Crippen LogP contribution in [0.3, 0.4) is 0 Å². The molecule has 2 N–H and O–H groups in total. The van der Waals surface area contributed by atoms with Crippen LogP contribution in [0.5, 0.6) is 5.75 Å². The number of ether oxygens (including phenoxy) is 2. The summed E-state index contributed by atoms with van der Waals surface area (Å²) in [6, 6.07) is 8.11. The van der Waals surface area contributed by atoms with E-state index in [9.17, 15) is 4.79 Å². The number of halogens is 1. The predicted molar refractivity (Wildman–Crippen MR) is 113 cm³/mol. The van der Waals surface area contributed by atoms with Crippen molar-refractivity contribution in [1.82, 2.24) is 25.6 Å². The van der Waals surface area contributed by atoms with Gasteiger partial charge >= 0.3 is 0 Å². The lowest BCUT2D eigenvalue weighted by atomic mass is 10.1. The maximum absolute atomic E-state index is 12.4.